The Morgan fingerprint density at radius 1 is 1.57 bits per heavy atom. The average Bonchev–Trinajstić information content (AvgIpc) is 2.19. The Kier molecular flexibility index (Phi) is 4.32. The maximum absolute atomic E-state index is 13.0. The highest BCUT2D eigenvalue weighted by molar-refractivity contribution is 6.30. The first kappa shape index (κ1) is 11.4. The Morgan fingerprint density at radius 3 is 2.86 bits per heavy atom. The number of rotatable bonds is 4. The van der Waals surface area contributed by atoms with Crippen LogP contribution in [-0.4, -0.2) is 12.6 Å². The number of nitrogens with one attached hydrogen (secondary N) is 1. The first-order valence-electron chi connectivity index (χ1n) is 4.51. The minimum atomic E-state index is -0.383. The van der Waals surface area contributed by atoms with Crippen LogP contribution >= 0.6 is 11.6 Å². The molecule has 0 saturated heterocycles. The van der Waals surface area contributed by atoms with Gasteiger partial charge in [0.1, 0.15) is 5.82 Å². The summed E-state index contributed by atoms with van der Waals surface area (Å²) in [6.07, 6.45) is 0. The first-order valence-corrected chi connectivity index (χ1v) is 4.88. The molecule has 1 aromatic carbocycles. The zero-order valence-electron chi connectivity index (χ0n) is 8.06. The van der Waals surface area contributed by atoms with Crippen molar-refractivity contribution in [2.45, 2.75) is 19.5 Å². The van der Waals surface area contributed by atoms with Crippen LogP contribution in [0.25, 0.3) is 0 Å². The van der Waals surface area contributed by atoms with Gasteiger partial charge in [0, 0.05) is 19.1 Å². The van der Waals surface area contributed by atoms with Gasteiger partial charge in [-0.05, 0) is 24.6 Å². The van der Waals surface area contributed by atoms with Crippen LogP contribution in [0.2, 0.25) is 5.02 Å². The van der Waals surface area contributed by atoms with E-state index in [4.69, 9.17) is 17.3 Å². The van der Waals surface area contributed by atoms with Crippen molar-refractivity contribution in [3.63, 3.8) is 0 Å². The molecule has 1 rings (SSSR count). The Morgan fingerprint density at radius 2 is 2.29 bits per heavy atom. The molecule has 0 unspecified atom stereocenters. The summed E-state index contributed by atoms with van der Waals surface area (Å²) in [5.41, 5.74) is 6.30. The third-order valence-corrected chi connectivity index (χ3v) is 2.30. The van der Waals surface area contributed by atoms with E-state index in [1.54, 1.807) is 12.1 Å². The lowest BCUT2D eigenvalue weighted by Gasteiger charge is -2.11. The third kappa shape index (κ3) is 3.25. The van der Waals surface area contributed by atoms with Crippen LogP contribution in [0, 0.1) is 5.82 Å². The molecule has 0 radical (unpaired) electrons. The number of halogens is 2. The average molecular weight is 217 g/mol. The van der Waals surface area contributed by atoms with Crippen molar-refractivity contribution in [2.75, 3.05) is 6.54 Å². The fourth-order valence-electron chi connectivity index (χ4n) is 1.03. The van der Waals surface area contributed by atoms with E-state index in [1.807, 2.05) is 6.92 Å². The second kappa shape index (κ2) is 5.29. The largest absolute Gasteiger partial charge is 0.329 e. The van der Waals surface area contributed by atoms with Crippen molar-refractivity contribution in [2.24, 2.45) is 5.73 Å². The van der Waals surface area contributed by atoms with Crippen molar-refractivity contribution in [1.29, 1.82) is 0 Å². The van der Waals surface area contributed by atoms with Gasteiger partial charge in [-0.15, -0.1) is 0 Å². The van der Waals surface area contributed by atoms with Crippen molar-refractivity contribution in [1.82, 2.24) is 5.32 Å². The molecule has 0 aliphatic carbocycles. The van der Waals surface area contributed by atoms with E-state index in [9.17, 15) is 4.39 Å². The van der Waals surface area contributed by atoms with Gasteiger partial charge in [0.25, 0.3) is 0 Å². The Balaban J connectivity index is 2.55. The summed E-state index contributed by atoms with van der Waals surface area (Å²) in [5, 5.41) is 3.31. The molecule has 1 atom stereocenters. The SMILES string of the molecule is C[C@@H](CN)NCc1ccc(Cl)c(F)c1. The van der Waals surface area contributed by atoms with E-state index in [0.717, 1.165) is 5.56 Å². The summed E-state index contributed by atoms with van der Waals surface area (Å²) in [5.74, 6) is -0.383. The zero-order valence-corrected chi connectivity index (χ0v) is 8.81. The molecule has 0 saturated carbocycles. The van der Waals surface area contributed by atoms with Crippen LogP contribution < -0.4 is 11.1 Å². The van der Waals surface area contributed by atoms with Gasteiger partial charge >= 0.3 is 0 Å². The standard InChI is InChI=1S/C10H14ClFN2/c1-7(5-13)14-6-8-2-3-9(11)10(12)4-8/h2-4,7,14H,5-6,13H2,1H3/t7-/m0/s1. The summed E-state index contributed by atoms with van der Waals surface area (Å²) in [4.78, 5) is 0. The quantitative estimate of drug-likeness (QED) is 0.807. The molecule has 3 N–H and O–H groups in total. The number of hydrogen-bond acceptors (Lipinski definition) is 2. The Bertz CT molecular complexity index is 304. The molecular formula is C10H14ClFN2. The number of benzene rings is 1. The van der Waals surface area contributed by atoms with Crippen LogP contribution in [0.5, 0.6) is 0 Å². The van der Waals surface area contributed by atoms with Gasteiger partial charge < -0.3 is 11.1 Å². The highest BCUT2D eigenvalue weighted by Gasteiger charge is 2.02. The van der Waals surface area contributed by atoms with E-state index in [2.05, 4.69) is 5.32 Å². The summed E-state index contributed by atoms with van der Waals surface area (Å²) >= 11 is 5.56. The van der Waals surface area contributed by atoms with Crippen molar-refractivity contribution >= 4 is 11.6 Å². The number of hydrogen-bond donors (Lipinski definition) is 2. The molecule has 14 heavy (non-hydrogen) atoms. The predicted molar refractivity (Wildman–Crippen MR) is 56.8 cm³/mol. The number of nitrogens with two attached hydrogens (primary N) is 1. The second-order valence-corrected chi connectivity index (χ2v) is 3.67. The van der Waals surface area contributed by atoms with Gasteiger partial charge in [0.15, 0.2) is 0 Å². The van der Waals surface area contributed by atoms with Crippen LogP contribution in [0.15, 0.2) is 18.2 Å². The fraction of sp³-hybridized carbons (Fsp3) is 0.400. The van der Waals surface area contributed by atoms with E-state index in [1.165, 1.54) is 6.07 Å². The summed E-state index contributed by atoms with van der Waals surface area (Å²) in [6.45, 7) is 3.15. The van der Waals surface area contributed by atoms with Crippen molar-refractivity contribution < 1.29 is 4.39 Å². The second-order valence-electron chi connectivity index (χ2n) is 3.27. The van der Waals surface area contributed by atoms with E-state index < -0.39 is 0 Å². The summed E-state index contributed by atoms with van der Waals surface area (Å²) < 4.78 is 13.0. The van der Waals surface area contributed by atoms with Crippen LogP contribution in [0.4, 0.5) is 4.39 Å². The highest BCUT2D eigenvalue weighted by atomic mass is 35.5. The normalized spacial score (nSPS) is 12.9. The predicted octanol–water partition coefficient (Wildman–Crippen LogP) is 1.92. The maximum Gasteiger partial charge on any atom is 0.142 e. The van der Waals surface area contributed by atoms with Gasteiger partial charge in [0.05, 0.1) is 5.02 Å². The molecule has 0 bridgehead atoms. The lowest BCUT2D eigenvalue weighted by atomic mass is 10.2. The monoisotopic (exact) mass is 216 g/mol. The van der Waals surface area contributed by atoms with Crippen LogP contribution in [0.1, 0.15) is 12.5 Å². The molecule has 78 valence electrons. The molecule has 0 fully saturated rings. The van der Waals surface area contributed by atoms with Crippen LogP contribution in [0.3, 0.4) is 0 Å². The Hall–Kier alpha value is -0.640. The molecule has 0 aliphatic rings. The van der Waals surface area contributed by atoms with Gasteiger partial charge in [-0.25, -0.2) is 4.39 Å². The highest BCUT2D eigenvalue weighted by Crippen LogP contribution is 2.15. The van der Waals surface area contributed by atoms with Crippen LogP contribution in [-0.2, 0) is 6.54 Å². The fourth-order valence-corrected chi connectivity index (χ4v) is 1.14. The minimum Gasteiger partial charge on any atom is -0.329 e. The smallest absolute Gasteiger partial charge is 0.142 e. The molecule has 0 amide bonds. The van der Waals surface area contributed by atoms with E-state index in [-0.39, 0.29) is 16.9 Å². The lowest BCUT2D eigenvalue weighted by Crippen LogP contribution is -2.32. The molecule has 0 heterocycles. The van der Waals surface area contributed by atoms with Crippen molar-refractivity contribution in [3.8, 4) is 0 Å². The van der Waals surface area contributed by atoms with Gasteiger partial charge in [-0.1, -0.05) is 17.7 Å². The van der Waals surface area contributed by atoms with Gasteiger partial charge in [-0.2, -0.15) is 0 Å². The minimum absolute atomic E-state index is 0.153. The lowest BCUT2D eigenvalue weighted by molar-refractivity contribution is 0.553. The van der Waals surface area contributed by atoms with E-state index in [0.29, 0.717) is 13.1 Å². The third-order valence-electron chi connectivity index (χ3n) is 1.99. The molecule has 0 aliphatic heterocycles. The van der Waals surface area contributed by atoms with Gasteiger partial charge in [0.2, 0.25) is 0 Å². The summed E-state index contributed by atoms with van der Waals surface area (Å²) in [6, 6.07) is 5.01. The van der Waals surface area contributed by atoms with Crippen molar-refractivity contribution in [3.05, 3.63) is 34.6 Å². The molecular weight excluding hydrogens is 203 g/mol. The molecule has 1 aromatic rings. The topological polar surface area (TPSA) is 38.0 Å². The Labute approximate surface area is 88.2 Å². The maximum atomic E-state index is 13.0. The van der Waals surface area contributed by atoms with Gasteiger partial charge in [-0.3, -0.25) is 0 Å². The zero-order chi connectivity index (χ0) is 10.6. The summed E-state index contributed by atoms with van der Waals surface area (Å²) in [7, 11) is 0. The first-order chi connectivity index (χ1) is 6.63. The molecule has 4 heteroatoms. The molecule has 2 nitrogen and oxygen atoms in total. The molecule has 0 aromatic heterocycles. The molecule has 0 spiro atoms. The van der Waals surface area contributed by atoms with E-state index >= 15 is 0 Å².